The topological polar surface area (TPSA) is 94.5 Å². The van der Waals surface area contributed by atoms with E-state index >= 15 is 0 Å². The molecule has 1 aromatic carbocycles. The summed E-state index contributed by atoms with van der Waals surface area (Å²) < 4.78 is 5.73. The molecule has 0 bridgehead atoms. The highest BCUT2D eigenvalue weighted by atomic mass is 79.9. The highest BCUT2D eigenvalue weighted by Crippen LogP contribution is 2.28. The summed E-state index contributed by atoms with van der Waals surface area (Å²) in [6.07, 6.45) is 0. The van der Waals surface area contributed by atoms with Crippen LogP contribution < -0.4 is 5.32 Å². The van der Waals surface area contributed by atoms with Crippen LogP contribution >= 0.6 is 15.9 Å². The summed E-state index contributed by atoms with van der Waals surface area (Å²) >= 11 is 3.54. The number of piperazine rings is 1. The van der Waals surface area contributed by atoms with Gasteiger partial charge < -0.3 is 19.7 Å². The molecule has 0 unspecified atom stereocenters. The lowest BCUT2D eigenvalue weighted by molar-refractivity contribution is -0.117. The van der Waals surface area contributed by atoms with E-state index in [1.807, 2.05) is 34.1 Å². The molecule has 8 nitrogen and oxygen atoms in total. The Labute approximate surface area is 170 Å². The Morgan fingerprint density at radius 2 is 2.00 bits per heavy atom. The largest absolute Gasteiger partial charge is 0.360 e. The number of hydrogen-bond donors (Lipinski definition) is 2. The van der Waals surface area contributed by atoms with Gasteiger partial charge in [-0.2, -0.15) is 0 Å². The lowest BCUT2D eigenvalue weighted by Crippen LogP contribution is -2.50. The van der Waals surface area contributed by atoms with Crippen molar-refractivity contribution in [2.24, 2.45) is 0 Å². The number of aromatic nitrogens is 2. The Bertz CT molecular complexity index is 1020. The first-order chi connectivity index (χ1) is 13.5. The Kier molecular flexibility index (Phi) is 5.19. The first kappa shape index (κ1) is 18.7. The Morgan fingerprint density at radius 3 is 2.68 bits per heavy atom. The average Bonchev–Trinajstić information content (AvgIpc) is 3.25. The standard InChI is InChI=1S/C19H20BrN5O3/c1-12-10-15(23-28-12)22-16(26)11-24-6-8-25(9-7-24)19(27)18-17(20)13-4-2-3-5-14(13)21-18/h2-5,10,21H,6-9,11H2,1H3,(H,22,23,26). The molecular formula is C19H20BrN5O3. The number of anilines is 1. The maximum atomic E-state index is 12.9. The van der Waals surface area contributed by atoms with Crippen molar-refractivity contribution in [3.8, 4) is 0 Å². The molecule has 3 heterocycles. The number of carbonyl (C=O) groups excluding carboxylic acids is 2. The lowest BCUT2D eigenvalue weighted by Gasteiger charge is -2.34. The van der Waals surface area contributed by atoms with E-state index in [-0.39, 0.29) is 18.4 Å². The maximum Gasteiger partial charge on any atom is 0.271 e. The van der Waals surface area contributed by atoms with Gasteiger partial charge in [0.15, 0.2) is 5.82 Å². The van der Waals surface area contributed by atoms with Gasteiger partial charge >= 0.3 is 0 Å². The van der Waals surface area contributed by atoms with Gasteiger partial charge in [0.1, 0.15) is 11.5 Å². The number of halogens is 1. The third kappa shape index (κ3) is 3.81. The molecule has 0 saturated carbocycles. The predicted molar refractivity (Wildman–Crippen MR) is 108 cm³/mol. The van der Waals surface area contributed by atoms with Crippen molar-refractivity contribution < 1.29 is 14.1 Å². The second kappa shape index (κ2) is 7.76. The third-order valence-corrected chi connectivity index (χ3v) is 5.60. The van der Waals surface area contributed by atoms with Crippen LogP contribution in [0.2, 0.25) is 0 Å². The maximum absolute atomic E-state index is 12.9. The zero-order valence-corrected chi connectivity index (χ0v) is 17.0. The van der Waals surface area contributed by atoms with Crippen LogP contribution in [-0.4, -0.2) is 64.5 Å². The highest BCUT2D eigenvalue weighted by Gasteiger charge is 2.26. The Balaban J connectivity index is 1.33. The summed E-state index contributed by atoms with van der Waals surface area (Å²) in [7, 11) is 0. The number of aryl methyl sites for hydroxylation is 1. The van der Waals surface area contributed by atoms with Crippen molar-refractivity contribution in [3.63, 3.8) is 0 Å². The van der Waals surface area contributed by atoms with E-state index in [1.54, 1.807) is 13.0 Å². The third-order valence-electron chi connectivity index (χ3n) is 4.78. The molecular weight excluding hydrogens is 426 g/mol. The van der Waals surface area contributed by atoms with Crippen LogP contribution in [0.5, 0.6) is 0 Å². The first-order valence-electron chi connectivity index (χ1n) is 9.02. The molecule has 4 rings (SSSR count). The number of nitrogens with zero attached hydrogens (tertiary/aromatic N) is 3. The van der Waals surface area contributed by atoms with Crippen LogP contribution in [0.1, 0.15) is 16.2 Å². The number of fused-ring (bicyclic) bond motifs is 1. The number of para-hydroxylation sites is 1. The molecule has 2 amide bonds. The van der Waals surface area contributed by atoms with Gasteiger partial charge in [-0.25, -0.2) is 0 Å². The van der Waals surface area contributed by atoms with Gasteiger partial charge in [-0.15, -0.1) is 0 Å². The molecule has 9 heteroatoms. The molecule has 1 aliphatic rings. The van der Waals surface area contributed by atoms with Crippen molar-refractivity contribution in [1.29, 1.82) is 0 Å². The number of aromatic amines is 1. The van der Waals surface area contributed by atoms with Crippen LogP contribution in [-0.2, 0) is 4.79 Å². The Hall–Kier alpha value is -2.65. The summed E-state index contributed by atoms with van der Waals surface area (Å²) in [4.78, 5) is 32.1. The van der Waals surface area contributed by atoms with E-state index in [9.17, 15) is 9.59 Å². The minimum Gasteiger partial charge on any atom is -0.360 e. The fraction of sp³-hybridized carbons (Fsp3) is 0.316. The van der Waals surface area contributed by atoms with E-state index in [0.717, 1.165) is 15.4 Å². The zero-order chi connectivity index (χ0) is 19.7. The van der Waals surface area contributed by atoms with E-state index in [4.69, 9.17) is 4.52 Å². The molecule has 0 spiro atoms. The number of nitrogens with one attached hydrogen (secondary N) is 2. The summed E-state index contributed by atoms with van der Waals surface area (Å²) in [6, 6.07) is 9.47. The van der Waals surface area contributed by atoms with Gasteiger partial charge in [0.2, 0.25) is 5.91 Å². The lowest BCUT2D eigenvalue weighted by atomic mass is 10.2. The van der Waals surface area contributed by atoms with E-state index in [2.05, 4.69) is 31.4 Å². The molecule has 28 heavy (non-hydrogen) atoms. The van der Waals surface area contributed by atoms with Crippen LogP contribution in [0.25, 0.3) is 10.9 Å². The molecule has 2 N–H and O–H groups in total. The normalized spacial score (nSPS) is 15.1. The molecule has 0 atom stereocenters. The van der Waals surface area contributed by atoms with Crippen LogP contribution in [0.4, 0.5) is 5.82 Å². The van der Waals surface area contributed by atoms with E-state index in [0.29, 0.717) is 43.5 Å². The molecule has 3 aromatic rings. The molecule has 1 saturated heterocycles. The van der Waals surface area contributed by atoms with Crippen molar-refractivity contribution >= 4 is 44.5 Å². The van der Waals surface area contributed by atoms with E-state index < -0.39 is 0 Å². The van der Waals surface area contributed by atoms with Gasteiger partial charge in [0.25, 0.3) is 5.91 Å². The number of amides is 2. The molecule has 0 aliphatic carbocycles. The van der Waals surface area contributed by atoms with Gasteiger partial charge in [-0.1, -0.05) is 23.4 Å². The molecule has 1 aliphatic heterocycles. The second-order valence-electron chi connectivity index (χ2n) is 6.80. The molecule has 2 aromatic heterocycles. The number of H-pyrrole nitrogens is 1. The zero-order valence-electron chi connectivity index (χ0n) is 15.4. The summed E-state index contributed by atoms with van der Waals surface area (Å²) in [5.41, 5.74) is 1.49. The van der Waals surface area contributed by atoms with E-state index in [1.165, 1.54) is 0 Å². The van der Waals surface area contributed by atoms with Gasteiger partial charge in [0, 0.05) is 43.1 Å². The number of carbonyl (C=O) groups is 2. The van der Waals surface area contributed by atoms with Crippen LogP contribution in [0.15, 0.2) is 39.3 Å². The molecule has 1 fully saturated rings. The van der Waals surface area contributed by atoms with Crippen molar-refractivity contribution in [2.75, 3.05) is 38.0 Å². The SMILES string of the molecule is Cc1cc(NC(=O)CN2CCN(C(=O)c3[nH]c4ccccc4c3Br)CC2)no1. The quantitative estimate of drug-likeness (QED) is 0.643. The summed E-state index contributed by atoms with van der Waals surface area (Å²) in [5.74, 6) is 0.877. The minimum atomic E-state index is -0.147. The van der Waals surface area contributed by atoms with Crippen molar-refractivity contribution in [1.82, 2.24) is 19.9 Å². The second-order valence-corrected chi connectivity index (χ2v) is 7.59. The van der Waals surface area contributed by atoms with Crippen LogP contribution in [0.3, 0.4) is 0 Å². The smallest absolute Gasteiger partial charge is 0.271 e. The molecule has 0 radical (unpaired) electrons. The first-order valence-corrected chi connectivity index (χ1v) is 9.81. The van der Waals surface area contributed by atoms with Gasteiger partial charge in [0.05, 0.1) is 11.0 Å². The molecule has 146 valence electrons. The fourth-order valence-electron chi connectivity index (χ4n) is 3.33. The van der Waals surface area contributed by atoms with Gasteiger partial charge in [-0.05, 0) is 28.9 Å². The van der Waals surface area contributed by atoms with Crippen LogP contribution in [0, 0.1) is 6.92 Å². The van der Waals surface area contributed by atoms with Gasteiger partial charge in [-0.3, -0.25) is 14.5 Å². The fourth-order valence-corrected chi connectivity index (χ4v) is 3.95. The summed E-state index contributed by atoms with van der Waals surface area (Å²) in [6.45, 7) is 4.42. The minimum absolute atomic E-state index is 0.0368. The highest BCUT2D eigenvalue weighted by molar-refractivity contribution is 9.10. The average molecular weight is 446 g/mol. The monoisotopic (exact) mass is 445 g/mol. The number of rotatable bonds is 4. The number of hydrogen-bond acceptors (Lipinski definition) is 5. The van der Waals surface area contributed by atoms with Crippen molar-refractivity contribution in [2.45, 2.75) is 6.92 Å². The number of benzene rings is 1. The van der Waals surface area contributed by atoms with Crippen molar-refractivity contribution in [3.05, 3.63) is 46.3 Å². The Morgan fingerprint density at radius 1 is 1.25 bits per heavy atom. The predicted octanol–water partition coefficient (Wildman–Crippen LogP) is 2.62. The summed E-state index contributed by atoms with van der Waals surface area (Å²) in [5, 5.41) is 7.46.